The first-order valence-electron chi connectivity index (χ1n) is 7.28. The molecular weight excluding hydrogens is 456 g/mol. The van der Waals surface area contributed by atoms with Crippen molar-refractivity contribution in [2.75, 3.05) is 7.11 Å². The first-order chi connectivity index (χ1) is 11.9. The molecule has 0 bridgehead atoms. The van der Waals surface area contributed by atoms with Gasteiger partial charge in [-0.25, -0.2) is 0 Å². The molecule has 0 aromatic heterocycles. The van der Waals surface area contributed by atoms with E-state index < -0.39 is 6.23 Å². The van der Waals surface area contributed by atoms with Gasteiger partial charge in [0.1, 0.15) is 11.5 Å². The Balaban J connectivity index is 1.95. The number of nitrogens with zero attached hydrogens (tertiary/aromatic N) is 2. The van der Waals surface area contributed by atoms with Crippen molar-refractivity contribution in [3.05, 3.63) is 56.5 Å². The fraction of sp³-hybridized carbons (Fsp3) is 0.176. The van der Waals surface area contributed by atoms with Crippen LogP contribution in [0.15, 0.2) is 50.4 Å². The van der Waals surface area contributed by atoms with Gasteiger partial charge < -0.3 is 14.6 Å². The van der Waals surface area contributed by atoms with Crippen molar-refractivity contribution in [2.24, 2.45) is 5.10 Å². The molecule has 0 unspecified atom stereocenters. The topological polar surface area (TPSA) is 71.4 Å². The molecule has 0 radical (unpaired) electrons. The number of carbonyl (C=O) groups is 1. The van der Waals surface area contributed by atoms with Gasteiger partial charge in [0.25, 0.3) is 0 Å². The number of aromatic hydroxyl groups is 1. The Morgan fingerprint density at radius 3 is 2.36 bits per heavy atom. The summed E-state index contributed by atoms with van der Waals surface area (Å²) in [5.74, 6) is 0.873. The molecule has 8 heteroatoms. The van der Waals surface area contributed by atoms with Crippen molar-refractivity contribution < 1.29 is 19.4 Å². The molecule has 1 atom stereocenters. The van der Waals surface area contributed by atoms with Crippen LogP contribution < -0.4 is 4.74 Å². The fourth-order valence-electron chi connectivity index (χ4n) is 2.36. The Bertz CT molecular complexity index is 829. The summed E-state index contributed by atoms with van der Waals surface area (Å²) in [5.41, 5.74) is 1.39. The molecule has 25 heavy (non-hydrogen) atoms. The number of ether oxygens (including phenoxy) is 2. The Morgan fingerprint density at radius 1 is 1.24 bits per heavy atom. The third kappa shape index (κ3) is 3.50. The Kier molecular flexibility index (Phi) is 5.01. The SMILES string of the molecule is COc1ccc(C2=NN(C(C)=O)[C@H](c3cc(Br)c(O)c(Br)c3)O2)cc1. The minimum atomic E-state index is -0.720. The first kappa shape index (κ1) is 17.8. The Labute approximate surface area is 161 Å². The van der Waals surface area contributed by atoms with Crippen molar-refractivity contribution in [2.45, 2.75) is 13.2 Å². The average molecular weight is 470 g/mol. The van der Waals surface area contributed by atoms with E-state index >= 15 is 0 Å². The van der Waals surface area contributed by atoms with E-state index in [0.717, 1.165) is 5.56 Å². The molecular formula is C17H14Br2N2O4. The maximum absolute atomic E-state index is 12.0. The molecule has 1 aliphatic rings. The maximum Gasteiger partial charge on any atom is 0.243 e. The highest BCUT2D eigenvalue weighted by molar-refractivity contribution is 9.11. The van der Waals surface area contributed by atoms with E-state index in [9.17, 15) is 9.90 Å². The largest absolute Gasteiger partial charge is 0.506 e. The van der Waals surface area contributed by atoms with Crippen molar-refractivity contribution in [3.63, 3.8) is 0 Å². The van der Waals surface area contributed by atoms with Crippen molar-refractivity contribution >= 4 is 43.7 Å². The van der Waals surface area contributed by atoms with Gasteiger partial charge in [0.05, 0.1) is 16.1 Å². The summed E-state index contributed by atoms with van der Waals surface area (Å²) < 4.78 is 12.0. The third-order valence-corrected chi connectivity index (χ3v) is 4.84. The third-order valence-electron chi connectivity index (χ3n) is 3.63. The molecule has 0 saturated carbocycles. The van der Waals surface area contributed by atoms with Crippen LogP contribution in [-0.2, 0) is 9.53 Å². The highest BCUT2D eigenvalue weighted by atomic mass is 79.9. The summed E-state index contributed by atoms with van der Waals surface area (Å²) in [6.45, 7) is 1.42. The molecule has 2 aromatic carbocycles. The predicted octanol–water partition coefficient (Wildman–Crippen LogP) is 4.16. The molecule has 1 heterocycles. The quantitative estimate of drug-likeness (QED) is 0.732. The van der Waals surface area contributed by atoms with E-state index in [2.05, 4.69) is 37.0 Å². The summed E-state index contributed by atoms with van der Waals surface area (Å²) in [6.07, 6.45) is -0.720. The number of methoxy groups -OCH3 is 1. The zero-order valence-electron chi connectivity index (χ0n) is 13.4. The van der Waals surface area contributed by atoms with Gasteiger partial charge in [-0.05, 0) is 68.3 Å². The standard InChI is InChI=1S/C17H14Br2N2O4/c1-9(22)21-17(11-7-13(18)15(23)14(19)8-11)25-16(20-21)10-3-5-12(24-2)6-4-10/h3-8,17,23H,1-2H3/t17-/m0/s1. The Morgan fingerprint density at radius 2 is 1.84 bits per heavy atom. The lowest BCUT2D eigenvalue weighted by Crippen LogP contribution is -2.25. The fourth-order valence-corrected chi connectivity index (χ4v) is 3.58. The molecule has 0 saturated heterocycles. The van der Waals surface area contributed by atoms with Crippen LogP contribution in [0.4, 0.5) is 0 Å². The summed E-state index contributed by atoms with van der Waals surface area (Å²) in [4.78, 5) is 12.0. The molecule has 0 aliphatic carbocycles. The molecule has 1 aliphatic heterocycles. The van der Waals surface area contributed by atoms with E-state index in [-0.39, 0.29) is 11.7 Å². The van der Waals surface area contributed by atoms with Crippen molar-refractivity contribution in [1.82, 2.24) is 5.01 Å². The van der Waals surface area contributed by atoms with Gasteiger partial charge >= 0.3 is 0 Å². The van der Waals surface area contributed by atoms with Crippen LogP contribution >= 0.6 is 31.9 Å². The summed E-state index contributed by atoms with van der Waals surface area (Å²) in [6, 6.07) is 10.6. The van der Waals surface area contributed by atoms with Crippen molar-refractivity contribution in [1.29, 1.82) is 0 Å². The van der Waals surface area contributed by atoms with E-state index in [0.29, 0.717) is 26.2 Å². The van der Waals surface area contributed by atoms with Crippen molar-refractivity contribution in [3.8, 4) is 11.5 Å². The molecule has 3 rings (SSSR count). The number of halogens is 2. The van der Waals surface area contributed by atoms with Crippen LogP contribution in [0.3, 0.4) is 0 Å². The lowest BCUT2D eigenvalue weighted by molar-refractivity contribution is -0.135. The van der Waals surface area contributed by atoms with Crippen LogP contribution in [-0.4, -0.2) is 29.0 Å². The number of amides is 1. The number of hydrogen-bond donors (Lipinski definition) is 1. The molecule has 6 nitrogen and oxygen atoms in total. The smallest absolute Gasteiger partial charge is 0.243 e. The second kappa shape index (κ2) is 7.05. The summed E-state index contributed by atoms with van der Waals surface area (Å²) in [7, 11) is 1.59. The van der Waals surface area contributed by atoms with Crippen LogP contribution in [0.1, 0.15) is 24.3 Å². The molecule has 2 aromatic rings. The maximum atomic E-state index is 12.0. The lowest BCUT2D eigenvalue weighted by Gasteiger charge is -2.20. The van der Waals surface area contributed by atoms with Crippen LogP contribution in [0.25, 0.3) is 0 Å². The van der Waals surface area contributed by atoms with Crippen LogP contribution in [0, 0.1) is 0 Å². The highest BCUT2D eigenvalue weighted by Crippen LogP contribution is 2.38. The minimum absolute atomic E-state index is 0.0763. The molecule has 1 amide bonds. The molecule has 0 fully saturated rings. The Hall–Kier alpha value is -2.06. The van der Waals surface area contributed by atoms with Gasteiger partial charge in [-0.1, -0.05) is 0 Å². The number of hydrazone groups is 1. The van der Waals surface area contributed by atoms with E-state index in [1.807, 2.05) is 0 Å². The zero-order valence-corrected chi connectivity index (χ0v) is 16.5. The number of benzene rings is 2. The van der Waals surface area contributed by atoms with Gasteiger partial charge in [0, 0.05) is 18.1 Å². The first-order valence-corrected chi connectivity index (χ1v) is 8.86. The predicted molar refractivity (Wildman–Crippen MR) is 99.4 cm³/mol. The number of phenolic OH excluding ortho intramolecular Hbond substituents is 1. The number of carbonyl (C=O) groups excluding carboxylic acids is 1. The van der Waals surface area contributed by atoms with Gasteiger partial charge in [0.2, 0.25) is 18.0 Å². The highest BCUT2D eigenvalue weighted by Gasteiger charge is 2.33. The monoisotopic (exact) mass is 468 g/mol. The normalized spacial score (nSPS) is 16.4. The van der Waals surface area contributed by atoms with E-state index in [1.54, 1.807) is 43.5 Å². The van der Waals surface area contributed by atoms with Gasteiger partial charge in [0.15, 0.2) is 0 Å². The molecule has 0 spiro atoms. The average Bonchev–Trinajstić information content (AvgIpc) is 3.05. The molecule has 1 N–H and O–H groups in total. The minimum Gasteiger partial charge on any atom is -0.506 e. The lowest BCUT2D eigenvalue weighted by atomic mass is 10.2. The van der Waals surface area contributed by atoms with E-state index in [1.165, 1.54) is 11.9 Å². The van der Waals surface area contributed by atoms with Crippen LogP contribution in [0.2, 0.25) is 0 Å². The van der Waals surface area contributed by atoms with Gasteiger partial charge in [-0.2, -0.15) is 5.01 Å². The zero-order chi connectivity index (χ0) is 18.1. The number of phenols is 1. The van der Waals surface area contributed by atoms with E-state index in [4.69, 9.17) is 9.47 Å². The van der Waals surface area contributed by atoms with Gasteiger partial charge in [-0.3, -0.25) is 4.79 Å². The van der Waals surface area contributed by atoms with Gasteiger partial charge in [-0.15, -0.1) is 5.10 Å². The summed E-state index contributed by atoms with van der Waals surface area (Å²) >= 11 is 6.57. The molecule has 130 valence electrons. The number of hydrogen-bond acceptors (Lipinski definition) is 5. The second-order valence-corrected chi connectivity index (χ2v) is 7.01. The summed E-state index contributed by atoms with van der Waals surface area (Å²) in [5, 5.41) is 15.4. The van der Waals surface area contributed by atoms with Crippen LogP contribution in [0.5, 0.6) is 11.5 Å². The second-order valence-electron chi connectivity index (χ2n) is 5.30. The number of rotatable bonds is 3.